The predicted molar refractivity (Wildman–Crippen MR) is 128 cm³/mol. The number of anilines is 1. The van der Waals surface area contributed by atoms with Gasteiger partial charge in [-0.05, 0) is 60.8 Å². The van der Waals surface area contributed by atoms with Gasteiger partial charge >= 0.3 is 0 Å². The van der Waals surface area contributed by atoms with Crippen LogP contribution in [0.25, 0.3) is 17.4 Å². The first-order chi connectivity index (χ1) is 15.8. The fourth-order valence-corrected chi connectivity index (χ4v) is 3.74. The molecule has 1 aromatic heterocycles. The largest absolute Gasteiger partial charge is 0.496 e. The Morgan fingerprint density at radius 2 is 1.88 bits per heavy atom. The standard InChI is InChI=1S/C22H14BrN3O6S/c1-31-19-10-14(26(29)30)6-8-16(19)18-9-7-15(32-18)11-17-20(27)24-22(33)25(21(17)28)13-4-2-12(23)3-5-13/h2-11H,1H3,(H,24,27,33)/b17-11+. The van der Waals surface area contributed by atoms with Crippen molar-refractivity contribution in [2.45, 2.75) is 0 Å². The quantitative estimate of drug-likeness (QED) is 0.171. The number of furan rings is 1. The van der Waals surface area contributed by atoms with E-state index in [9.17, 15) is 19.7 Å². The summed E-state index contributed by atoms with van der Waals surface area (Å²) in [4.78, 5) is 37.3. The molecule has 11 heteroatoms. The molecule has 2 aromatic carbocycles. The molecule has 2 amide bonds. The first kappa shape index (κ1) is 22.4. The van der Waals surface area contributed by atoms with Crippen LogP contribution < -0.4 is 15.0 Å². The minimum absolute atomic E-state index is 0.0276. The van der Waals surface area contributed by atoms with E-state index >= 15 is 0 Å². The summed E-state index contributed by atoms with van der Waals surface area (Å²) in [6, 6.07) is 14.2. The number of carbonyl (C=O) groups excluding carboxylic acids is 2. The van der Waals surface area contributed by atoms with Gasteiger partial charge in [-0.1, -0.05) is 15.9 Å². The molecule has 4 rings (SSSR count). The number of nitro benzene ring substituents is 1. The molecule has 9 nitrogen and oxygen atoms in total. The number of hydrogen-bond donors (Lipinski definition) is 1. The summed E-state index contributed by atoms with van der Waals surface area (Å²) in [6.45, 7) is 0. The van der Waals surface area contributed by atoms with Crippen LogP contribution in [0.1, 0.15) is 5.76 Å². The maximum Gasteiger partial charge on any atom is 0.273 e. The molecule has 0 radical (unpaired) electrons. The van der Waals surface area contributed by atoms with Crippen molar-refractivity contribution in [1.82, 2.24) is 5.32 Å². The SMILES string of the molecule is COc1cc([N+](=O)[O-])ccc1-c1ccc(/C=C2\C(=O)NC(=S)N(c3ccc(Br)cc3)C2=O)o1. The number of methoxy groups -OCH3 is 1. The maximum atomic E-state index is 13.1. The number of nitro groups is 1. The van der Waals surface area contributed by atoms with Crippen LogP contribution in [-0.2, 0) is 9.59 Å². The van der Waals surface area contributed by atoms with Crippen molar-refractivity contribution < 1.29 is 23.7 Å². The van der Waals surface area contributed by atoms with Crippen LogP contribution >= 0.6 is 28.1 Å². The molecule has 166 valence electrons. The molecule has 0 atom stereocenters. The zero-order chi connectivity index (χ0) is 23.7. The Balaban J connectivity index is 1.67. The van der Waals surface area contributed by atoms with Gasteiger partial charge in [-0.3, -0.25) is 29.9 Å². The predicted octanol–water partition coefficient (Wildman–Crippen LogP) is 4.46. The maximum absolute atomic E-state index is 13.1. The molecule has 0 spiro atoms. The van der Waals surface area contributed by atoms with Crippen molar-refractivity contribution in [3.05, 3.63) is 80.5 Å². The smallest absolute Gasteiger partial charge is 0.273 e. The van der Waals surface area contributed by atoms with Crippen LogP contribution in [0.15, 0.2) is 69.1 Å². The van der Waals surface area contributed by atoms with Crippen molar-refractivity contribution in [2.24, 2.45) is 0 Å². The second-order valence-electron chi connectivity index (χ2n) is 6.78. The molecular formula is C22H14BrN3O6S. The molecular weight excluding hydrogens is 514 g/mol. The van der Waals surface area contributed by atoms with Crippen LogP contribution in [0.5, 0.6) is 5.75 Å². The molecule has 33 heavy (non-hydrogen) atoms. The number of carbonyl (C=O) groups is 2. The lowest BCUT2D eigenvalue weighted by Gasteiger charge is -2.28. The van der Waals surface area contributed by atoms with Gasteiger partial charge in [-0.2, -0.15) is 0 Å². The van der Waals surface area contributed by atoms with Crippen LogP contribution in [-0.4, -0.2) is 29.0 Å². The van der Waals surface area contributed by atoms with E-state index in [4.69, 9.17) is 21.4 Å². The van der Waals surface area contributed by atoms with Gasteiger partial charge in [0.2, 0.25) is 0 Å². The Morgan fingerprint density at radius 3 is 2.55 bits per heavy atom. The van der Waals surface area contributed by atoms with Crippen molar-refractivity contribution in [2.75, 3.05) is 12.0 Å². The average Bonchev–Trinajstić information content (AvgIpc) is 3.25. The highest BCUT2D eigenvalue weighted by molar-refractivity contribution is 9.10. The Kier molecular flexibility index (Phi) is 6.07. The summed E-state index contributed by atoms with van der Waals surface area (Å²) in [5, 5.41) is 13.5. The molecule has 0 saturated carbocycles. The lowest BCUT2D eigenvalue weighted by molar-refractivity contribution is -0.384. The van der Waals surface area contributed by atoms with Gasteiger partial charge in [0.1, 0.15) is 22.8 Å². The summed E-state index contributed by atoms with van der Waals surface area (Å²) in [5.41, 5.74) is 0.681. The van der Waals surface area contributed by atoms with Crippen molar-refractivity contribution in [1.29, 1.82) is 0 Å². The summed E-state index contributed by atoms with van der Waals surface area (Å²) >= 11 is 8.52. The highest BCUT2D eigenvalue weighted by Gasteiger charge is 2.34. The van der Waals surface area contributed by atoms with E-state index in [2.05, 4.69) is 21.2 Å². The average molecular weight is 528 g/mol. The molecule has 0 aliphatic carbocycles. The topological polar surface area (TPSA) is 115 Å². The van der Waals surface area contributed by atoms with Crippen molar-refractivity contribution >= 4 is 62.5 Å². The second-order valence-corrected chi connectivity index (χ2v) is 8.08. The number of halogens is 1. The zero-order valence-corrected chi connectivity index (χ0v) is 19.3. The Morgan fingerprint density at radius 1 is 1.15 bits per heavy atom. The molecule has 1 N–H and O–H groups in total. The van der Waals surface area contributed by atoms with E-state index < -0.39 is 16.7 Å². The summed E-state index contributed by atoms with van der Waals surface area (Å²) in [5.74, 6) is -0.429. The lowest BCUT2D eigenvalue weighted by Crippen LogP contribution is -2.54. The van der Waals surface area contributed by atoms with E-state index in [-0.39, 0.29) is 27.9 Å². The highest BCUT2D eigenvalue weighted by Crippen LogP contribution is 2.35. The molecule has 1 aliphatic heterocycles. The number of nitrogens with one attached hydrogen (secondary N) is 1. The first-order valence-corrected chi connectivity index (χ1v) is 10.6. The summed E-state index contributed by atoms with van der Waals surface area (Å²) in [7, 11) is 1.39. The van der Waals surface area contributed by atoms with Gasteiger partial charge in [0.05, 0.1) is 29.4 Å². The van der Waals surface area contributed by atoms with E-state index in [1.54, 1.807) is 36.4 Å². The summed E-state index contributed by atoms with van der Waals surface area (Å²) < 4.78 is 11.8. The number of hydrogen-bond acceptors (Lipinski definition) is 7. The third-order valence-electron chi connectivity index (χ3n) is 4.76. The fraction of sp³-hybridized carbons (Fsp3) is 0.0455. The number of rotatable bonds is 5. The number of non-ortho nitro benzene ring substituents is 1. The Labute approximate surface area is 200 Å². The zero-order valence-electron chi connectivity index (χ0n) is 16.9. The van der Waals surface area contributed by atoms with Gasteiger partial charge in [0.25, 0.3) is 17.5 Å². The van der Waals surface area contributed by atoms with Crippen molar-refractivity contribution in [3.63, 3.8) is 0 Å². The van der Waals surface area contributed by atoms with Crippen LogP contribution in [0, 0.1) is 10.1 Å². The number of amides is 2. The third-order valence-corrected chi connectivity index (χ3v) is 5.57. The lowest BCUT2D eigenvalue weighted by atomic mass is 10.1. The Hall–Kier alpha value is -3.83. The van der Waals surface area contributed by atoms with Gasteiger partial charge < -0.3 is 9.15 Å². The van der Waals surface area contributed by atoms with E-state index in [1.807, 2.05) is 0 Å². The second kappa shape index (κ2) is 8.96. The normalized spacial score (nSPS) is 15.0. The minimum Gasteiger partial charge on any atom is -0.496 e. The molecule has 0 bridgehead atoms. The van der Waals surface area contributed by atoms with E-state index in [1.165, 1.54) is 36.3 Å². The van der Waals surface area contributed by atoms with Crippen LogP contribution in [0.2, 0.25) is 0 Å². The molecule has 2 heterocycles. The first-order valence-electron chi connectivity index (χ1n) is 9.38. The molecule has 3 aromatic rings. The van der Waals surface area contributed by atoms with E-state index in [0.29, 0.717) is 17.0 Å². The van der Waals surface area contributed by atoms with Gasteiger partial charge in [-0.15, -0.1) is 0 Å². The molecule has 0 unspecified atom stereocenters. The summed E-state index contributed by atoms with van der Waals surface area (Å²) in [6.07, 6.45) is 1.31. The number of thiocarbonyl (C=S) groups is 1. The van der Waals surface area contributed by atoms with Crippen molar-refractivity contribution in [3.8, 4) is 17.1 Å². The molecule has 1 aliphatic rings. The Bertz CT molecular complexity index is 1330. The van der Waals surface area contributed by atoms with Crippen LogP contribution in [0.4, 0.5) is 11.4 Å². The van der Waals surface area contributed by atoms with E-state index in [0.717, 1.165) is 4.47 Å². The monoisotopic (exact) mass is 527 g/mol. The number of benzene rings is 2. The van der Waals surface area contributed by atoms with Gasteiger partial charge in [0, 0.05) is 10.5 Å². The van der Waals surface area contributed by atoms with Gasteiger partial charge in [-0.25, -0.2) is 0 Å². The van der Waals surface area contributed by atoms with Gasteiger partial charge in [0.15, 0.2) is 5.11 Å². The van der Waals surface area contributed by atoms with Crippen LogP contribution in [0.3, 0.4) is 0 Å². The molecule has 1 fully saturated rings. The number of nitrogens with zero attached hydrogens (tertiary/aromatic N) is 2. The minimum atomic E-state index is -0.649. The fourth-order valence-electron chi connectivity index (χ4n) is 3.20. The highest BCUT2D eigenvalue weighted by atomic mass is 79.9. The number of ether oxygens (including phenoxy) is 1. The third kappa shape index (κ3) is 4.41. The molecule has 1 saturated heterocycles.